The summed E-state index contributed by atoms with van der Waals surface area (Å²) in [5.41, 5.74) is 0. The molecule has 9 nitrogen and oxygen atoms in total. The number of amides is 1. The van der Waals surface area contributed by atoms with Crippen LogP contribution < -0.4 is 5.32 Å². The summed E-state index contributed by atoms with van der Waals surface area (Å²) in [5, 5.41) is 9.76. The summed E-state index contributed by atoms with van der Waals surface area (Å²) in [6.45, 7) is 4.59. The molecule has 2 rings (SSSR count). The van der Waals surface area contributed by atoms with Crippen LogP contribution in [0.1, 0.15) is 30.4 Å². The first-order chi connectivity index (χ1) is 12.5. The highest BCUT2D eigenvalue weighted by Crippen LogP contribution is 2.15. The van der Waals surface area contributed by atoms with E-state index in [-0.39, 0.29) is 23.2 Å². The molecule has 0 radical (unpaired) electrons. The lowest BCUT2D eigenvalue weighted by molar-refractivity contribution is -0.131. The van der Waals surface area contributed by atoms with E-state index in [9.17, 15) is 13.2 Å². The van der Waals surface area contributed by atoms with E-state index in [1.807, 2.05) is 13.8 Å². The highest BCUT2D eigenvalue weighted by molar-refractivity contribution is 7.90. The summed E-state index contributed by atoms with van der Waals surface area (Å²) in [6, 6.07) is 7.90. The van der Waals surface area contributed by atoms with Gasteiger partial charge in [0, 0.05) is 13.2 Å². The standard InChI is InChI=1S/C16H21N3O6S/c1-3-23-14(24-4-2)10-17-15(20)16-19-18-13(25-16)11-26(21,22)12-8-6-5-7-9-12/h5-9,14H,3-4,10-11H2,1-2H3,(H,17,20). The average molecular weight is 383 g/mol. The maximum absolute atomic E-state index is 12.3. The molecule has 0 aliphatic heterocycles. The number of nitrogens with zero attached hydrogens (tertiary/aromatic N) is 2. The number of aromatic nitrogens is 2. The first-order valence-corrected chi connectivity index (χ1v) is 9.73. The van der Waals surface area contributed by atoms with E-state index in [2.05, 4.69) is 15.5 Å². The Morgan fingerprint density at radius 3 is 2.42 bits per heavy atom. The van der Waals surface area contributed by atoms with Gasteiger partial charge in [0.2, 0.25) is 5.89 Å². The van der Waals surface area contributed by atoms with Gasteiger partial charge in [0.15, 0.2) is 16.1 Å². The molecule has 10 heteroatoms. The Hall–Kier alpha value is -2.30. The average Bonchev–Trinajstić information content (AvgIpc) is 3.08. The maximum atomic E-state index is 12.3. The Morgan fingerprint density at radius 2 is 1.81 bits per heavy atom. The van der Waals surface area contributed by atoms with Gasteiger partial charge in [-0.3, -0.25) is 4.79 Å². The van der Waals surface area contributed by atoms with E-state index in [4.69, 9.17) is 13.9 Å². The van der Waals surface area contributed by atoms with Crippen molar-refractivity contribution in [2.75, 3.05) is 19.8 Å². The van der Waals surface area contributed by atoms with Crippen molar-refractivity contribution in [2.24, 2.45) is 0 Å². The number of ether oxygens (including phenoxy) is 2. The van der Waals surface area contributed by atoms with Gasteiger partial charge in [0.25, 0.3) is 0 Å². The normalized spacial score (nSPS) is 11.7. The molecular formula is C16H21N3O6S. The van der Waals surface area contributed by atoms with Crippen molar-refractivity contribution in [2.45, 2.75) is 30.8 Å². The van der Waals surface area contributed by atoms with E-state index in [1.54, 1.807) is 18.2 Å². The van der Waals surface area contributed by atoms with Crippen LogP contribution in [0, 0.1) is 0 Å². The van der Waals surface area contributed by atoms with Crippen LogP contribution in [0.15, 0.2) is 39.6 Å². The lowest BCUT2D eigenvalue weighted by atomic mass is 10.4. The number of benzene rings is 1. The quantitative estimate of drug-likeness (QED) is 0.607. The summed E-state index contributed by atoms with van der Waals surface area (Å²) in [5.74, 6) is -1.61. The lowest BCUT2D eigenvalue weighted by Gasteiger charge is -2.16. The molecule has 0 aliphatic rings. The zero-order valence-electron chi connectivity index (χ0n) is 14.5. The second-order valence-electron chi connectivity index (χ2n) is 5.12. The zero-order chi connectivity index (χ0) is 19.0. The Morgan fingerprint density at radius 1 is 1.15 bits per heavy atom. The molecule has 0 bridgehead atoms. The molecule has 1 heterocycles. The maximum Gasteiger partial charge on any atom is 0.309 e. The van der Waals surface area contributed by atoms with Crippen LogP contribution in [0.3, 0.4) is 0 Å². The third-order valence-electron chi connectivity index (χ3n) is 3.21. The number of sulfone groups is 1. The molecular weight excluding hydrogens is 362 g/mol. The molecule has 0 spiro atoms. The highest BCUT2D eigenvalue weighted by atomic mass is 32.2. The Bertz CT molecular complexity index is 800. The fourth-order valence-corrected chi connectivity index (χ4v) is 3.25. The topological polar surface area (TPSA) is 121 Å². The molecule has 0 aliphatic carbocycles. The number of rotatable bonds is 10. The third-order valence-corrected chi connectivity index (χ3v) is 4.83. The van der Waals surface area contributed by atoms with Crippen molar-refractivity contribution in [1.29, 1.82) is 0 Å². The van der Waals surface area contributed by atoms with Crippen LogP contribution in [0.25, 0.3) is 0 Å². The number of carbonyl (C=O) groups is 1. The van der Waals surface area contributed by atoms with Gasteiger partial charge in [-0.25, -0.2) is 8.42 Å². The molecule has 0 saturated carbocycles. The van der Waals surface area contributed by atoms with Crippen LogP contribution in [-0.4, -0.2) is 50.6 Å². The number of hydrogen-bond acceptors (Lipinski definition) is 8. The van der Waals surface area contributed by atoms with E-state index in [0.29, 0.717) is 13.2 Å². The smallest absolute Gasteiger partial charge is 0.309 e. The Kier molecular flexibility index (Phi) is 7.25. The predicted molar refractivity (Wildman–Crippen MR) is 91.0 cm³/mol. The van der Waals surface area contributed by atoms with Crippen LogP contribution in [0.4, 0.5) is 0 Å². The van der Waals surface area contributed by atoms with Gasteiger partial charge in [0.05, 0.1) is 11.4 Å². The largest absolute Gasteiger partial charge is 0.416 e. The molecule has 26 heavy (non-hydrogen) atoms. The molecule has 2 aromatic rings. The van der Waals surface area contributed by atoms with Crippen LogP contribution in [0.2, 0.25) is 0 Å². The van der Waals surface area contributed by atoms with Gasteiger partial charge in [-0.2, -0.15) is 0 Å². The van der Waals surface area contributed by atoms with Gasteiger partial charge >= 0.3 is 11.8 Å². The molecule has 0 fully saturated rings. The fraction of sp³-hybridized carbons (Fsp3) is 0.438. The van der Waals surface area contributed by atoms with Crippen LogP contribution in [-0.2, 0) is 25.1 Å². The van der Waals surface area contributed by atoms with Crippen molar-refractivity contribution in [1.82, 2.24) is 15.5 Å². The number of nitrogens with one attached hydrogen (secondary N) is 1. The van der Waals surface area contributed by atoms with E-state index in [1.165, 1.54) is 12.1 Å². The monoisotopic (exact) mass is 383 g/mol. The number of hydrogen-bond donors (Lipinski definition) is 1. The third kappa shape index (κ3) is 5.61. The molecule has 0 saturated heterocycles. The molecule has 1 amide bonds. The van der Waals surface area contributed by atoms with Gasteiger partial charge in [-0.05, 0) is 26.0 Å². The van der Waals surface area contributed by atoms with Crippen molar-refractivity contribution < 1.29 is 27.1 Å². The first-order valence-electron chi connectivity index (χ1n) is 8.07. The Balaban J connectivity index is 1.97. The van der Waals surface area contributed by atoms with Crippen LogP contribution >= 0.6 is 0 Å². The van der Waals surface area contributed by atoms with Crippen molar-refractivity contribution in [3.05, 3.63) is 42.1 Å². The first kappa shape index (κ1) is 20.0. The second-order valence-corrected chi connectivity index (χ2v) is 7.11. The molecule has 142 valence electrons. The molecule has 1 N–H and O–H groups in total. The van der Waals surface area contributed by atoms with Crippen molar-refractivity contribution >= 4 is 15.7 Å². The minimum Gasteiger partial charge on any atom is -0.416 e. The number of carbonyl (C=O) groups excluding carboxylic acids is 1. The molecule has 0 atom stereocenters. The SMILES string of the molecule is CCOC(CNC(=O)c1nnc(CS(=O)(=O)c2ccccc2)o1)OCC. The van der Waals surface area contributed by atoms with Gasteiger partial charge in [-0.15, -0.1) is 10.2 Å². The fourth-order valence-electron chi connectivity index (χ4n) is 2.07. The van der Waals surface area contributed by atoms with Gasteiger partial charge < -0.3 is 19.2 Å². The summed E-state index contributed by atoms with van der Waals surface area (Å²) in [6.07, 6.45) is -0.588. The van der Waals surface area contributed by atoms with Gasteiger partial charge in [-0.1, -0.05) is 18.2 Å². The molecule has 0 unspecified atom stereocenters. The summed E-state index contributed by atoms with van der Waals surface area (Å²) in [7, 11) is -3.63. The zero-order valence-corrected chi connectivity index (χ0v) is 15.4. The highest BCUT2D eigenvalue weighted by Gasteiger charge is 2.22. The molecule has 1 aromatic heterocycles. The van der Waals surface area contributed by atoms with Crippen molar-refractivity contribution in [3.63, 3.8) is 0 Å². The van der Waals surface area contributed by atoms with Crippen LogP contribution in [0.5, 0.6) is 0 Å². The summed E-state index contributed by atoms with van der Waals surface area (Å²) in [4.78, 5) is 12.2. The van der Waals surface area contributed by atoms with E-state index >= 15 is 0 Å². The lowest BCUT2D eigenvalue weighted by Crippen LogP contribution is -2.35. The summed E-state index contributed by atoms with van der Waals surface area (Å²) >= 11 is 0. The summed E-state index contributed by atoms with van der Waals surface area (Å²) < 4.78 is 40.3. The molecule has 1 aromatic carbocycles. The minimum atomic E-state index is -3.63. The minimum absolute atomic E-state index is 0.0978. The van der Waals surface area contributed by atoms with Crippen molar-refractivity contribution in [3.8, 4) is 0 Å². The van der Waals surface area contributed by atoms with E-state index in [0.717, 1.165) is 0 Å². The second kappa shape index (κ2) is 9.41. The van der Waals surface area contributed by atoms with E-state index < -0.39 is 27.8 Å². The van der Waals surface area contributed by atoms with Gasteiger partial charge in [0.1, 0.15) is 5.75 Å². The predicted octanol–water partition coefficient (Wildman–Crippen LogP) is 1.17. The Labute approximate surface area is 151 Å².